The number of hydrogen-bond donors (Lipinski definition) is 1. The predicted octanol–water partition coefficient (Wildman–Crippen LogP) is 3.28. The molecule has 0 unspecified atom stereocenters. The van der Waals surface area contributed by atoms with E-state index in [1.165, 1.54) is 18.7 Å². The van der Waals surface area contributed by atoms with Crippen LogP contribution in [-0.2, 0) is 24.4 Å². The molecule has 0 saturated carbocycles. The van der Waals surface area contributed by atoms with Crippen molar-refractivity contribution in [1.82, 2.24) is 13.7 Å². The SMILES string of the molecule is COc1ccc(-c2c3c(=O)n(C)c(=O)n(C)c3c3n2C(C)(C)CO[C@H]3c2ccc(OC)c(O)c2)cc1. The smallest absolute Gasteiger partial charge is 0.331 e. The molecule has 0 spiro atoms. The number of fused-ring (bicyclic) bond motifs is 3. The minimum atomic E-state index is -0.637. The summed E-state index contributed by atoms with van der Waals surface area (Å²) in [4.78, 5) is 26.7. The van der Waals surface area contributed by atoms with Crippen molar-refractivity contribution in [1.29, 1.82) is 0 Å². The number of benzene rings is 2. The molecule has 188 valence electrons. The van der Waals surface area contributed by atoms with Crippen molar-refractivity contribution in [2.24, 2.45) is 14.1 Å². The van der Waals surface area contributed by atoms with Gasteiger partial charge in [0.25, 0.3) is 5.56 Å². The fraction of sp³-hybridized carbons (Fsp3) is 0.333. The van der Waals surface area contributed by atoms with Crippen molar-refractivity contribution in [2.75, 3.05) is 20.8 Å². The zero-order valence-corrected chi connectivity index (χ0v) is 21.2. The van der Waals surface area contributed by atoms with Gasteiger partial charge in [0.1, 0.15) is 11.9 Å². The van der Waals surface area contributed by atoms with Gasteiger partial charge in [0.05, 0.1) is 48.7 Å². The van der Waals surface area contributed by atoms with Crippen LogP contribution in [0.4, 0.5) is 0 Å². The molecule has 3 heterocycles. The maximum Gasteiger partial charge on any atom is 0.331 e. The number of aromatic nitrogens is 3. The first kappa shape index (κ1) is 23.7. The van der Waals surface area contributed by atoms with Gasteiger partial charge < -0.3 is 23.9 Å². The van der Waals surface area contributed by atoms with Gasteiger partial charge in [-0.1, -0.05) is 6.07 Å². The fourth-order valence-corrected chi connectivity index (χ4v) is 5.14. The number of nitrogens with zero attached hydrogens (tertiary/aromatic N) is 3. The molecule has 1 aliphatic rings. The van der Waals surface area contributed by atoms with Crippen LogP contribution in [0.25, 0.3) is 22.2 Å². The first-order chi connectivity index (χ1) is 17.1. The van der Waals surface area contributed by atoms with Gasteiger partial charge in [-0.3, -0.25) is 13.9 Å². The molecular formula is C27H29N3O6. The third kappa shape index (κ3) is 3.34. The lowest BCUT2D eigenvalue weighted by molar-refractivity contribution is -0.00716. The van der Waals surface area contributed by atoms with Crippen LogP contribution in [0.2, 0.25) is 0 Å². The zero-order chi connectivity index (χ0) is 25.9. The van der Waals surface area contributed by atoms with E-state index < -0.39 is 17.3 Å². The van der Waals surface area contributed by atoms with Gasteiger partial charge in [-0.25, -0.2) is 4.79 Å². The summed E-state index contributed by atoms with van der Waals surface area (Å²) in [6.45, 7) is 4.41. The third-order valence-electron chi connectivity index (χ3n) is 6.93. The van der Waals surface area contributed by atoms with Crippen LogP contribution >= 0.6 is 0 Å². The van der Waals surface area contributed by atoms with Gasteiger partial charge in [-0.15, -0.1) is 0 Å². The summed E-state index contributed by atoms with van der Waals surface area (Å²) in [5.74, 6) is 1.02. The number of ether oxygens (including phenoxy) is 3. The summed E-state index contributed by atoms with van der Waals surface area (Å²) in [6, 6.07) is 12.6. The van der Waals surface area contributed by atoms with Gasteiger partial charge in [0.15, 0.2) is 11.5 Å². The van der Waals surface area contributed by atoms with E-state index in [0.717, 1.165) is 10.1 Å². The van der Waals surface area contributed by atoms with E-state index in [9.17, 15) is 14.7 Å². The molecule has 1 N–H and O–H groups in total. The summed E-state index contributed by atoms with van der Waals surface area (Å²) < 4.78 is 21.7. The Morgan fingerprint density at radius 2 is 1.69 bits per heavy atom. The van der Waals surface area contributed by atoms with Crippen molar-refractivity contribution >= 4 is 10.9 Å². The van der Waals surface area contributed by atoms with E-state index in [-0.39, 0.29) is 11.3 Å². The largest absolute Gasteiger partial charge is 0.504 e. The quantitative estimate of drug-likeness (QED) is 0.471. The predicted molar refractivity (Wildman–Crippen MR) is 136 cm³/mol. The van der Waals surface area contributed by atoms with E-state index in [0.29, 0.717) is 46.0 Å². The standard InChI is InChI=1S/C27H29N3O6/c1-27(2)14-36-24(16-9-12-19(35-6)18(31)13-16)23-22-20(25(32)29(4)26(33)28(22)3)21(30(23)27)15-7-10-17(34-5)11-8-15/h7-13,24,31H,14H2,1-6H3/t24-/m0/s1. The van der Waals surface area contributed by atoms with Crippen LogP contribution in [0.15, 0.2) is 52.1 Å². The highest BCUT2D eigenvalue weighted by atomic mass is 16.5. The maximum atomic E-state index is 13.6. The Labute approximate surface area is 207 Å². The van der Waals surface area contributed by atoms with Crippen molar-refractivity contribution < 1.29 is 19.3 Å². The molecule has 0 aliphatic carbocycles. The van der Waals surface area contributed by atoms with Crippen LogP contribution < -0.4 is 20.7 Å². The highest BCUT2D eigenvalue weighted by molar-refractivity contribution is 5.97. The molecule has 5 rings (SSSR count). The molecular weight excluding hydrogens is 462 g/mol. The van der Waals surface area contributed by atoms with Gasteiger partial charge in [-0.2, -0.15) is 0 Å². The first-order valence-corrected chi connectivity index (χ1v) is 11.6. The topological polar surface area (TPSA) is 96.9 Å². The first-order valence-electron chi connectivity index (χ1n) is 11.6. The molecule has 0 fully saturated rings. The Bertz CT molecular complexity index is 1610. The summed E-state index contributed by atoms with van der Waals surface area (Å²) in [5.41, 5.74) is 2.02. The minimum absolute atomic E-state index is 0.0222. The Kier molecular flexibility index (Phi) is 5.48. The Balaban J connectivity index is 1.94. The van der Waals surface area contributed by atoms with E-state index in [2.05, 4.69) is 4.57 Å². The number of phenolic OH excluding ortho intramolecular Hbond substituents is 1. The Morgan fingerprint density at radius 1 is 1.00 bits per heavy atom. The second-order valence-corrected chi connectivity index (χ2v) is 9.66. The summed E-state index contributed by atoms with van der Waals surface area (Å²) in [7, 11) is 6.23. The van der Waals surface area contributed by atoms with Crippen LogP contribution in [0.3, 0.4) is 0 Å². The molecule has 9 nitrogen and oxygen atoms in total. The summed E-state index contributed by atoms with van der Waals surface area (Å²) in [6.07, 6.45) is -0.637. The van der Waals surface area contributed by atoms with Crippen LogP contribution in [0, 0.1) is 0 Å². The molecule has 0 amide bonds. The summed E-state index contributed by atoms with van der Waals surface area (Å²) in [5, 5.41) is 10.9. The molecule has 4 aromatic rings. The monoisotopic (exact) mass is 491 g/mol. The fourth-order valence-electron chi connectivity index (χ4n) is 5.14. The number of aryl methyl sites for hydroxylation is 1. The number of phenols is 1. The highest BCUT2D eigenvalue weighted by Gasteiger charge is 2.40. The molecule has 2 aromatic heterocycles. The molecule has 0 saturated heterocycles. The average Bonchev–Trinajstić information content (AvgIpc) is 3.24. The molecule has 1 aliphatic heterocycles. The van der Waals surface area contributed by atoms with Gasteiger partial charge in [0.2, 0.25) is 0 Å². The van der Waals surface area contributed by atoms with Crippen molar-refractivity contribution in [3.63, 3.8) is 0 Å². The van der Waals surface area contributed by atoms with E-state index in [1.807, 2.05) is 44.2 Å². The van der Waals surface area contributed by atoms with Crippen molar-refractivity contribution in [2.45, 2.75) is 25.5 Å². The summed E-state index contributed by atoms with van der Waals surface area (Å²) >= 11 is 0. The lowest BCUT2D eigenvalue weighted by atomic mass is 9.97. The van der Waals surface area contributed by atoms with E-state index in [1.54, 1.807) is 26.3 Å². The normalized spacial score (nSPS) is 16.7. The van der Waals surface area contributed by atoms with Crippen molar-refractivity contribution in [3.05, 3.63) is 74.6 Å². The molecule has 36 heavy (non-hydrogen) atoms. The van der Waals surface area contributed by atoms with Gasteiger partial charge in [0, 0.05) is 14.1 Å². The molecule has 2 aromatic carbocycles. The minimum Gasteiger partial charge on any atom is -0.504 e. The molecule has 9 heteroatoms. The van der Waals surface area contributed by atoms with Crippen molar-refractivity contribution in [3.8, 4) is 28.5 Å². The van der Waals surface area contributed by atoms with Gasteiger partial charge >= 0.3 is 5.69 Å². The number of methoxy groups -OCH3 is 2. The molecule has 1 atom stereocenters. The second-order valence-electron chi connectivity index (χ2n) is 9.66. The zero-order valence-electron chi connectivity index (χ0n) is 21.2. The van der Waals surface area contributed by atoms with E-state index >= 15 is 0 Å². The van der Waals surface area contributed by atoms with Crippen LogP contribution in [-0.4, -0.2) is 39.6 Å². The lowest BCUT2D eigenvalue weighted by Crippen LogP contribution is -2.40. The molecule has 0 bridgehead atoms. The third-order valence-corrected chi connectivity index (χ3v) is 6.93. The van der Waals surface area contributed by atoms with E-state index in [4.69, 9.17) is 14.2 Å². The van der Waals surface area contributed by atoms with Crippen LogP contribution in [0.1, 0.15) is 31.2 Å². The molecule has 0 radical (unpaired) electrons. The maximum absolute atomic E-state index is 13.6. The average molecular weight is 492 g/mol. The van der Waals surface area contributed by atoms with Gasteiger partial charge in [-0.05, 0) is 61.4 Å². The van der Waals surface area contributed by atoms with Crippen LogP contribution in [0.5, 0.6) is 17.2 Å². The Morgan fingerprint density at radius 3 is 2.31 bits per heavy atom. The second kappa shape index (κ2) is 8.30. The Hall–Kier alpha value is -3.98. The highest BCUT2D eigenvalue weighted by Crippen LogP contribution is 2.46. The number of rotatable bonds is 4. The lowest BCUT2D eigenvalue weighted by Gasteiger charge is -2.39. The number of aromatic hydroxyl groups is 1. The number of hydrogen-bond acceptors (Lipinski definition) is 6.